The zero-order valence-corrected chi connectivity index (χ0v) is 17.6. The van der Waals surface area contributed by atoms with Crippen LogP contribution in [-0.4, -0.2) is 84.9 Å². The Bertz CT molecular complexity index is 533. The third-order valence-corrected chi connectivity index (χ3v) is 4.26. The molecule has 0 bridgehead atoms. The van der Waals surface area contributed by atoms with E-state index < -0.39 is 0 Å². The first-order chi connectivity index (χ1) is 14.9. The predicted octanol–water partition coefficient (Wildman–Crippen LogP) is 2.45. The van der Waals surface area contributed by atoms with Gasteiger partial charge in [0.2, 0.25) is 0 Å². The van der Waals surface area contributed by atoms with Crippen molar-refractivity contribution in [2.24, 2.45) is 0 Å². The van der Waals surface area contributed by atoms with E-state index in [4.69, 9.17) is 33.2 Å². The van der Waals surface area contributed by atoms with Crippen LogP contribution in [0.25, 0.3) is 0 Å². The molecule has 8 heteroatoms. The zero-order valence-electron chi connectivity index (χ0n) is 17.6. The predicted molar refractivity (Wildman–Crippen MR) is 110 cm³/mol. The third kappa shape index (κ3) is 12.2. The Kier molecular flexibility index (Phi) is 14.1. The fraction of sp³-hybridized carbons (Fsp3) is 0.682. The summed E-state index contributed by atoms with van der Waals surface area (Å²) in [6.07, 6.45) is 3.19. The summed E-state index contributed by atoms with van der Waals surface area (Å²) in [4.78, 5) is 11.7. The lowest BCUT2D eigenvalue weighted by atomic mass is 10.2. The minimum absolute atomic E-state index is 0.0657. The maximum atomic E-state index is 11.7. The van der Waals surface area contributed by atoms with Crippen LogP contribution in [0.4, 0.5) is 0 Å². The molecule has 1 unspecified atom stereocenters. The van der Waals surface area contributed by atoms with Crippen molar-refractivity contribution in [3.05, 3.63) is 35.9 Å². The second kappa shape index (κ2) is 17.2. The molecule has 2 rings (SSSR count). The molecule has 0 aliphatic carbocycles. The smallest absolute Gasteiger partial charge is 0.338 e. The summed E-state index contributed by atoms with van der Waals surface area (Å²) >= 11 is 0. The Hall–Kier alpha value is -1.55. The fourth-order valence-electron chi connectivity index (χ4n) is 2.69. The van der Waals surface area contributed by atoms with Gasteiger partial charge in [0.1, 0.15) is 6.61 Å². The highest BCUT2D eigenvalue weighted by molar-refractivity contribution is 5.89. The van der Waals surface area contributed by atoms with Gasteiger partial charge < -0.3 is 33.2 Å². The monoisotopic (exact) mass is 426 g/mol. The molecule has 0 amide bonds. The van der Waals surface area contributed by atoms with E-state index in [1.54, 1.807) is 24.3 Å². The SMILES string of the molecule is O=C(OCCOCCOCCOCCOCCOC1CCCCO1)c1ccccc1. The Labute approximate surface area is 178 Å². The lowest BCUT2D eigenvalue weighted by Crippen LogP contribution is -2.24. The molecule has 30 heavy (non-hydrogen) atoms. The number of carbonyl (C=O) groups is 1. The molecule has 1 atom stereocenters. The summed E-state index contributed by atoms with van der Waals surface area (Å²) in [5, 5.41) is 0. The van der Waals surface area contributed by atoms with Gasteiger partial charge in [-0.1, -0.05) is 18.2 Å². The lowest BCUT2D eigenvalue weighted by Gasteiger charge is -2.22. The van der Waals surface area contributed by atoms with Crippen molar-refractivity contribution in [2.45, 2.75) is 25.6 Å². The summed E-state index contributed by atoms with van der Waals surface area (Å²) in [5.74, 6) is -0.345. The average molecular weight is 427 g/mol. The average Bonchev–Trinajstić information content (AvgIpc) is 2.80. The van der Waals surface area contributed by atoms with Crippen molar-refractivity contribution < 1.29 is 38.0 Å². The second-order valence-corrected chi connectivity index (χ2v) is 6.62. The standard InChI is InChI=1S/C22H34O8/c23-22(20-6-2-1-3-7-20)30-19-17-27-15-13-25-11-10-24-12-14-26-16-18-29-21-8-4-5-9-28-21/h1-3,6-7,21H,4-5,8-19H2. The molecule has 0 saturated carbocycles. The van der Waals surface area contributed by atoms with Gasteiger partial charge in [0.05, 0.1) is 65.0 Å². The van der Waals surface area contributed by atoms with E-state index in [1.165, 1.54) is 0 Å². The molecule has 1 fully saturated rings. The minimum Gasteiger partial charge on any atom is -0.460 e. The molecule has 1 aliphatic heterocycles. The Morgan fingerprint density at radius 2 is 1.33 bits per heavy atom. The van der Waals surface area contributed by atoms with E-state index in [-0.39, 0.29) is 18.9 Å². The summed E-state index contributed by atoms with van der Waals surface area (Å²) in [6.45, 7) is 5.38. The number of carbonyl (C=O) groups excluding carboxylic acids is 1. The quantitative estimate of drug-likeness (QED) is 0.278. The van der Waals surface area contributed by atoms with Crippen LogP contribution in [0.1, 0.15) is 29.6 Å². The van der Waals surface area contributed by atoms with Gasteiger partial charge in [0.25, 0.3) is 0 Å². The number of benzene rings is 1. The van der Waals surface area contributed by atoms with Gasteiger partial charge in [-0.25, -0.2) is 4.79 Å². The summed E-state index contributed by atoms with van der Waals surface area (Å²) in [5.41, 5.74) is 0.536. The van der Waals surface area contributed by atoms with Gasteiger partial charge in [-0.3, -0.25) is 0 Å². The first-order valence-corrected chi connectivity index (χ1v) is 10.6. The second-order valence-electron chi connectivity index (χ2n) is 6.62. The maximum absolute atomic E-state index is 11.7. The van der Waals surface area contributed by atoms with Crippen molar-refractivity contribution >= 4 is 5.97 Å². The first-order valence-electron chi connectivity index (χ1n) is 10.6. The molecule has 0 N–H and O–H groups in total. The maximum Gasteiger partial charge on any atom is 0.338 e. The minimum atomic E-state index is -0.345. The van der Waals surface area contributed by atoms with E-state index in [0.29, 0.717) is 65.0 Å². The van der Waals surface area contributed by atoms with Crippen molar-refractivity contribution in [1.29, 1.82) is 0 Å². The Balaban J connectivity index is 1.25. The van der Waals surface area contributed by atoms with Gasteiger partial charge in [-0.15, -0.1) is 0 Å². The molecular weight excluding hydrogens is 392 g/mol. The highest BCUT2D eigenvalue weighted by Gasteiger charge is 2.13. The lowest BCUT2D eigenvalue weighted by molar-refractivity contribution is -0.169. The number of esters is 1. The van der Waals surface area contributed by atoms with E-state index in [9.17, 15) is 4.79 Å². The molecule has 8 nitrogen and oxygen atoms in total. The summed E-state index contributed by atoms with van der Waals surface area (Å²) in [6, 6.07) is 8.87. The van der Waals surface area contributed by atoms with Gasteiger partial charge in [-0.2, -0.15) is 0 Å². The highest BCUT2D eigenvalue weighted by Crippen LogP contribution is 2.13. The van der Waals surface area contributed by atoms with Gasteiger partial charge >= 0.3 is 5.97 Å². The van der Waals surface area contributed by atoms with Crippen molar-refractivity contribution in [2.75, 3.05) is 72.7 Å². The number of hydrogen-bond donors (Lipinski definition) is 0. The van der Waals surface area contributed by atoms with Crippen molar-refractivity contribution in [3.8, 4) is 0 Å². The van der Waals surface area contributed by atoms with Crippen LogP contribution in [-0.2, 0) is 33.2 Å². The molecule has 0 aromatic heterocycles. The summed E-state index contributed by atoms with van der Waals surface area (Å²) < 4.78 is 37.8. The van der Waals surface area contributed by atoms with Crippen LogP contribution < -0.4 is 0 Å². The molecule has 0 radical (unpaired) electrons. The molecule has 0 spiro atoms. The Morgan fingerprint density at radius 3 is 1.90 bits per heavy atom. The van der Waals surface area contributed by atoms with Crippen LogP contribution in [0.2, 0.25) is 0 Å². The molecule has 1 aromatic rings. The van der Waals surface area contributed by atoms with Crippen LogP contribution in [0.3, 0.4) is 0 Å². The van der Waals surface area contributed by atoms with E-state index in [0.717, 1.165) is 25.9 Å². The van der Waals surface area contributed by atoms with Gasteiger partial charge in [0.15, 0.2) is 6.29 Å². The molecule has 1 heterocycles. The van der Waals surface area contributed by atoms with E-state index >= 15 is 0 Å². The van der Waals surface area contributed by atoms with Crippen LogP contribution in [0.15, 0.2) is 30.3 Å². The Morgan fingerprint density at radius 1 is 0.767 bits per heavy atom. The first kappa shape index (κ1) is 24.7. The van der Waals surface area contributed by atoms with Crippen LogP contribution in [0, 0.1) is 0 Å². The molecular formula is C22H34O8. The normalized spacial score (nSPS) is 16.5. The van der Waals surface area contributed by atoms with Crippen LogP contribution >= 0.6 is 0 Å². The molecule has 170 valence electrons. The molecule has 1 saturated heterocycles. The van der Waals surface area contributed by atoms with Crippen molar-refractivity contribution in [3.63, 3.8) is 0 Å². The largest absolute Gasteiger partial charge is 0.460 e. The number of ether oxygens (including phenoxy) is 7. The van der Waals surface area contributed by atoms with Crippen LogP contribution in [0.5, 0.6) is 0 Å². The number of rotatable bonds is 17. The third-order valence-electron chi connectivity index (χ3n) is 4.26. The number of hydrogen-bond acceptors (Lipinski definition) is 8. The van der Waals surface area contributed by atoms with Crippen molar-refractivity contribution in [1.82, 2.24) is 0 Å². The summed E-state index contributed by atoms with van der Waals surface area (Å²) in [7, 11) is 0. The zero-order chi connectivity index (χ0) is 21.1. The molecule has 1 aromatic carbocycles. The van der Waals surface area contributed by atoms with Gasteiger partial charge in [0, 0.05) is 6.61 Å². The topological polar surface area (TPSA) is 81.7 Å². The van der Waals surface area contributed by atoms with E-state index in [1.807, 2.05) is 6.07 Å². The fourth-order valence-corrected chi connectivity index (χ4v) is 2.69. The molecule has 1 aliphatic rings. The van der Waals surface area contributed by atoms with E-state index in [2.05, 4.69) is 0 Å². The highest BCUT2D eigenvalue weighted by atomic mass is 16.7. The van der Waals surface area contributed by atoms with Gasteiger partial charge in [-0.05, 0) is 31.4 Å².